The Morgan fingerprint density at radius 2 is 1.69 bits per heavy atom. The Balaban J connectivity index is 1.91. The van der Waals surface area contributed by atoms with Crippen molar-refractivity contribution < 1.29 is 21.2 Å². The molecule has 0 amide bonds. The SMILES string of the molecule is Cc1cc(F)ccc1S(=O)(=O)Nc1cccc(S(=O)(=O)C2CCCC2)c1. The highest BCUT2D eigenvalue weighted by Gasteiger charge is 2.30. The van der Waals surface area contributed by atoms with Gasteiger partial charge in [0.2, 0.25) is 0 Å². The third-order valence-electron chi connectivity index (χ3n) is 4.58. The van der Waals surface area contributed by atoms with Crippen molar-refractivity contribution in [2.45, 2.75) is 47.6 Å². The first-order chi connectivity index (χ1) is 12.2. The molecule has 0 spiro atoms. The molecule has 1 fully saturated rings. The fraction of sp³-hybridized carbons (Fsp3) is 0.333. The summed E-state index contributed by atoms with van der Waals surface area (Å²) in [5, 5.41) is -0.409. The van der Waals surface area contributed by atoms with E-state index in [0.29, 0.717) is 12.8 Å². The van der Waals surface area contributed by atoms with Crippen LogP contribution in [0.1, 0.15) is 31.2 Å². The van der Waals surface area contributed by atoms with Crippen LogP contribution in [-0.2, 0) is 19.9 Å². The van der Waals surface area contributed by atoms with Gasteiger partial charge in [-0.3, -0.25) is 4.72 Å². The molecule has 0 bridgehead atoms. The van der Waals surface area contributed by atoms with Crippen LogP contribution in [0.4, 0.5) is 10.1 Å². The summed E-state index contributed by atoms with van der Waals surface area (Å²) in [6, 6.07) is 9.21. The van der Waals surface area contributed by atoms with Crippen molar-refractivity contribution in [3.63, 3.8) is 0 Å². The highest BCUT2D eigenvalue weighted by molar-refractivity contribution is 7.93. The van der Waals surface area contributed by atoms with Gasteiger partial charge < -0.3 is 0 Å². The third-order valence-corrected chi connectivity index (χ3v) is 8.38. The number of aryl methyl sites for hydroxylation is 1. The van der Waals surface area contributed by atoms with Gasteiger partial charge in [-0.15, -0.1) is 0 Å². The summed E-state index contributed by atoms with van der Waals surface area (Å²) in [4.78, 5) is 0.0587. The van der Waals surface area contributed by atoms with E-state index in [-0.39, 0.29) is 21.0 Å². The van der Waals surface area contributed by atoms with Crippen LogP contribution in [0.15, 0.2) is 52.3 Å². The molecule has 1 saturated carbocycles. The molecule has 1 aliphatic rings. The lowest BCUT2D eigenvalue weighted by Crippen LogP contribution is -2.18. The van der Waals surface area contributed by atoms with Gasteiger partial charge in [0.05, 0.1) is 20.7 Å². The quantitative estimate of drug-likeness (QED) is 0.835. The minimum atomic E-state index is -3.95. The number of sulfonamides is 1. The van der Waals surface area contributed by atoms with Crippen molar-refractivity contribution in [1.29, 1.82) is 0 Å². The zero-order valence-corrected chi connectivity index (χ0v) is 15.9. The first-order valence-electron chi connectivity index (χ1n) is 8.33. The van der Waals surface area contributed by atoms with Crippen LogP contribution in [0.3, 0.4) is 0 Å². The molecule has 26 heavy (non-hydrogen) atoms. The van der Waals surface area contributed by atoms with E-state index >= 15 is 0 Å². The zero-order valence-electron chi connectivity index (χ0n) is 14.3. The Morgan fingerprint density at radius 1 is 1.00 bits per heavy atom. The maximum absolute atomic E-state index is 13.2. The molecule has 1 N–H and O–H groups in total. The van der Waals surface area contributed by atoms with Gasteiger partial charge in [-0.2, -0.15) is 0 Å². The summed E-state index contributed by atoms with van der Waals surface area (Å²) in [6.07, 6.45) is 3.04. The molecule has 140 valence electrons. The number of anilines is 1. The van der Waals surface area contributed by atoms with Gasteiger partial charge in [0.25, 0.3) is 10.0 Å². The summed E-state index contributed by atoms with van der Waals surface area (Å²) in [5.74, 6) is -0.522. The largest absolute Gasteiger partial charge is 0.280 e. The molecule has 0 unspecified atom stereocenters. The molecular formula is C18H20FNO4S2. The van der Waals surface area contributed by atoms with E-state index in [1.54, 1.807) is 0 Å². The van der Waals surface area contributed by atoms with Crippen molar-refractivity contribution in [2.24, 2.45) is 0 Å². The van der Waals surface area contributed by atoms with Gasteiger partial charge >= 0.3 is 0 Å². The lowest BCUT2D eigenvalue weighted by atomic mass is 10.2. The molecule has 0 heterocycles. The summed E-state index contributed by atoms with van der Waals surface area (Å²) in [7, 11) is -7.43. The summed E-state index contributed by atoms with van der Waals surface area (Å²) >= 11 is 0. The van der Waals surface area contributed by atoms with Gasteiger partial charge in [0.1, 0.15) is 5.82 Å². The van der Waals surface area contributed by atoms with Crippen molar-refractivity contribution in [3.05, 3.63) is 53.8 Å². The molecule has 0 atom stereocenters. The van der Waals surface area contributed by atoms with E-state index < -0.39 is 30.9 Å². The second kappa shape index (κ2) is 7.00. The minimum absolute atomic E-state index is 0.0528. The van der Waals surface area contributed by atoms with E-state index in [4.69, 9.17) is 0 Å². The average molecular weight is 397 g/mol. The average Bonchev–Trinajstić information content (AvgIpc) is 3.09. The fourth-order valence-corrected chi connectivity index (χ4v) is 6.43. The number of rotatable bonds is 5. The Kier molecular flexibility index (Phi) is 5.07. The van der Waals surface area contributed by atoms with Crippen LogP contribution < -0.4 is 4.72 Å². The van der Waals surface area contributed by atoms with Gasteiger partial charge in [-0.05, 0) is 61.7 Å². The van der Waals surface area contributed by atoms with Gasteiger partial charge in [-0.25, -0.2) is 21.2 Å². The zero-order chi connectivity index (χ0) is 18.9. The number of hydrogen-bond acceptors (Lipinski definition) is 4. The third kappa shape index (κ3) is 3.76. The maximum Gasteiger partial charge on any atom is 0.262 e. The van der Waals surface area contributed by atoms with Crippen molar-refractivity contribution in [3.8, 4) is 0 Å². The Morgan fingerprint density at radius 3 is 2.35 bits per heavy atom. The first kappa shape index (κ1) is 18.8. The molecule has 8 heteroatoms. The van der Waals surface area contributed by atoms with E-state index in [0.717, 1.165) is 25.0 Å². The molecule has 2 aromatic carbocycles. The standard InChI is InChI=1S/C18H20FNO4S2/c1-13-11-14(19)9-10-18(13)26(23,24)20-15-5-4-8-17(12-15)25(21,22)16-6-2-3-7-16/h4-5,8-12,16,20H,2-3,6-7H2,1H3. The molecule has 1 aliphatic carbocycles. The topological polar surface area (TPSA) is 80.3 Å². The van der Waals surface area contributed by atoms with Crippen LogP contribution in [0.25, 0.3) is 0 Å². The number of benzene rings is 2. The fourth-order valence-electron chi connectivity index (χ4n) is 3.25. The Hall–Kier alpha value is -1.93. The summed E-state index contributed by atoms with van der Waals surface area (Å²) in [5.41, 5.74) is 0.431. The van der Waals surface area contributed by atoms with Crippen LogP contribution >= 0.6 is 0 Å². The Bertz CT molecular complexity index is 1030. The van der Waals surface area contributed by atoms with Crippen LogP contribution in [0, 0.1) is 12.7 Å². The lowest BCUT2D eigenvalue weighted by molar-refractivity contribution is 0.579. The predicted octanol–water partition coefficient (Wildman–Crippen LogP) is 3.65. The van der Waals surface area contributed by atoms with Crippen molar-refractivity contribution in [1.82, 2.24) is 0 Å². The second-order valence-electron chi connectivity index (χ2n) is 6.49. The monoisotopic (exact) mass is 397 g/mol. The van der Waals surface area contributed by atoms with Crippen LogP contribution in [-0.4, -0.2) is 22.1 Å². The summed E-state index contributed by atoms with van der Waals surface area (Å²) in [6.45, 7) is 1.50. The number of nitrogens with one attached hydrogen (secondary N) is 1. The van der Waals surface area contributed by atoms with Gasteiger partial charge in [0.15, 0.2) is 9.84 Å². The van der Waals surface area contributed by atoms with Crippen molar-refractivity contribution in [2.75, 3.05) is 4.72 Å². The highest BCUT2D eigenvalue weighted by atomic mass is 32.2. The van der Waals surface area contributed by atoms with Crippen LogP contribution in [0.2, 0.25) is 0 Å². The smallest absolute Gasteiger partial charge is 0.262 e. The highest BCUT2D eigenvalue weighted by Crippen LogP contribution is 2.31. The molecule has 2 aromatic rings. The van der Waals surface area contributed by atoms with Crippen LogP contribution in [0.5, 0.6) is 0 Å². The Labute approximate surface area is 153 Å². The number of hydrogen-bond donors (Lipinski definition) is 1. The molecule has 3 rings (SSSR count). The van der Waals surface area contributed by atoms with E-state index in [9.17, 15) is 21.2 Å². The molecule has 0 radical (unpaired) electrons. The molecule has 0 aromatic heterocycles. The van der Waals surface area contributed by atoms with Gasteiger partial charge in [0, 0.05) is 0 Å². The van der Waals surface area contributed by atoms with E-state index in [1.807, 2.05) is 0 Å². The van der Waals surface area contributed by atoms with Gasteiger partial charge in [-0.1, -0.05) is 18.9 Å². The number of sulfone groups is 1. The minimum Gasteiger partial charge on any atom is -0.280 e. The molecule has 5 nitrogen and oxygen atoms in total. The van der Waals surface area contributed by atoms with Crippen molar-refractivity contribution >= 4 is 25.5 Å². The molecule has 0 aliphatic heterocycles. The first-order valence-corrected chi connectivity index (χ1v) is 11.4. The normalized spacial score (nSPS) is 15.9. The molecular weight excluding hydrogens is 377 g/mol. The molecule has 0 saturated heterocycles. The predicted molar refractivity (Wildman–Crippen MR) is 97.8 cm³/mol. The summed E-state index contributed by atoms with van der Waals surface area (Å²) < 4.78 is 66.1. The van der Waals surface area contributed by atoms with E-state index in [2.05, 4.69) is 4.72 Å². The maximum atomic E-state index is 13.2. The number of halogens is 1. The van der Waals surface area contributed by atoms with E-state index in [1.165, 1.54) is 37.3 Å². The second-order valence-corrected chi connectivity index (χ2v) is 10.4. The lowest BCUT2D eigenvalue weighted by Gasteiger charge is -2.14.